The second-order valence-electron chi connectivity index (χ2n) is 7.53. The van der Waals surface area contributed by atoms with Gasteiger partial charge in [0, 0.05) is 17.9 Å². The van der Waals surface area contributed by atoms with E-state index in [0.717, 1.165) is 50.9 Å². The lowest BCUT2D eigenvalue weighted by Gasteiger charge is -2.21. The van der Waals surface area contributed by atoms with Gasteiger partial charge in [0.25, 0.3) is 0 Å². The lowest BCUT2D eigenvalue weighted by Crippen LogP contribution is -2.33. The molecule has 0 spiro atoms. The van der Waals surface area contributed by atoms with Gasteiger partial charge in [0.05, 0.1) is 10.2 Å². The number of carbonyl (C=O) groups excluding carboxylic acids is 1. The Bertz CT molecular complexity index is 972. The molecular formula is C23H28FN3OS2. The van der Waals surface area contributed by atoms with Crippen LogP contribution in [-0.4, -0.2) is 48.7 Å². The number of carbonyl (C=O) groups is 1. The molecule has 0 saturated carbocycles. The third-order valence-electron chi connectivity index (χ3n) is 4.75. The number of hydrogen-bond donors (Lipinski definition) is 0. The van der Waals surface area contributed by atoms with Crippen molar-refractivity contribution in [2.45, 2.75) is 31.1 Å². The van der Waals surface area contributed by atoms with Crippen molar-refractivity contribution in [3.05, 3.63) is 53.8 Å². The molecule has 0 aliphatic heterocycles. The lowest BCUT2D eigenvalue weighted by atomic mass is 10.2. The van der Waals surface area contributed by atoms with E-state index < -0.39 is 0 Å². The number of halogens is 1. The van der Waals surface area contributed by atoms with E-state index in [1.165, 1.54) is 12.1 Å². The van der Waals surface area contributed by atoms with Crippen LogP contribution in [-0.2, 0) is 4.79 Å². The molecule has 1 heterocycles. The molecular weight excluding hydrogens is 417 g/mol. The molecule has 0 saturated heterocycles. The summed E-state index contributed by atoms with van der Waals surface area (Å²) in [6.45, 7) is 3.64. The first-order valence-corrected chi connectivity index (χ1v) is 11.9. The van der Waals surface area contributed by atoms with Gasteiger partial charge in [-0.25, -0.2) is 9.37 Å². The van der Waals surface area contributed by atoms with Gasteiger partial charge >= 0.3 is 0 Å². The SMILES string of the molecule is Cc1cccc2sc(N(CCCN(C)C)C(=O)CCCSc3ccc(F)cc3)nc12. The van der Waals surface area contributed by atoms with Crippen LogP contribution in [0.1, 0.15) is 24.8 Å². The average Bonchev–Trinajstić information content (AvgIpc) is 3.15. The number of aromatic nitrogens is 1. The molecule has 2 aromatic carbocycles. The molecule has 0 fully saturated rings. The Morgan fingerprint density at radius 2 is 1.87 bits per heavy atom. The smallest absolute Gasteiger partial charge is 0.228 e. The van der Waals surface area contributed by atoms with Crippen molar-refractivity contribution in [2.24, 2.45) is 0 Å². The van der Waals surface area contributed by atoms with Crippen molar-refractivity contribution >= 4 is 44.4 Å². The largest absolute Gasteiger partial charge is 0.309 e. The number of aryl methyl sites for hydroxylation is 1. The van der Waals surface area contributed by atoms with Crippen molar-refractivity contribution in [2.75, 3.05) is 37.8 Å². The van der Waals surface area contributed by atoms with Gasteiger partial charge in [-0.1, -0.05) is 23.5 Å². The van der Waals surface area contributed by atoms with Crippen molar-refractivity contribution < 1.29 is 9.18 Å². The van der Waals surface area contributed by atoms with Crippen LogP contribution in [0.15, 0.2) is 47.4 Å². The second-order valence-corrected chi connectivity index (χ2v) is 9.70. The summed E-state index contributed by atoms with van der Waals surface area (Å²) in [4.78, 5) is 22.9. The lowest BCUT2D eigenvalue weighted by molar-refractivity contribution is -0.118. The predicted molar refractivity (Wildman–Crippen MR) is 126 cm³/mol. The molecule has 0 aliphatic rings. The van der Waals surface area contributed by atoms with Gasteiger partial charge in [0.15, 0.2) is 5.13 Å². The summed E-state index contributed by atoms with van der Waals surface area (Å²) in [5.74, 6) is 0.709. The Morgan fingerprint density at radius 1 is 1.10 bits per heavy atom. The maximum Gasteiger partial charge on any atom is 0.228 e. The molecule has 1 amide bonds. The van der Waals surface area contributed by atoms with Crippen LogP contribution in [0.3, 0.4) is 0 Å². The molecule has 0 aliphatic carbocycles. The highest BCUT2D eigenvalue weighted by atomic mass is 32.2. The molecule has 0 N–H and O–H groups in total. The number of anilines is 1. The van der Waals surface area contributed by atoms with Crippen LogP contribution in [0.2, 0.25) is 0 Å². The number of hydrogen-bond acceptors (Lipinski definition) is 5. The Hall–Kier alpha value is -1.96. The van der Waals surface area contributed by atoms with Crippen LogP contribution in [0.5, 0.6) is 0 Å². The monoisotopic (exact) mass is 445 g/mol. The molecule has 0 radical (unpaired) electrons. The average molecular weight is 446 g/mol. The Kier molecular flexibility index (Phi) is 8.24. The van der Waals surface area contributed by atoms with Gasteiger partial charge in [-0.2, -0.15) is 0 Å². The first-order chi connectivity index (χ1) is 14.4. The quantitative estimate of drug-likeness (QED) is 0.301. The van der Waals surface area contributed by atoms with Crippen molar-refractivity contribution in [3.8, 4) is 0 Å². The molecule has 160 valence electrons. The van der Waals surface area contributed by atoms with Gasteiger partial charge in [0.2, 0.25) is 5.91 Å². The number of nitrogens with zero attached hydrogens (tertiary/aromatic N) is 3. The second kappa shape index (κ2) is 10.9. The molecule has 0 unspecified atom stereocenters. The summed E-state index contributed by atoms with van der Waals surface area (Å²) in [5.41, 5.74) is 2.11. The van der Waals surface area contributed by atoms with Gasteiger partial charge in [0.1, 0.15) is 5.82 Å². The van der Waals surface area contributed by atoms with Crippen molar-refractivity contribution in [1.29, 1.82) is 0 Å². The normalized spacial score (nSPS) is 11.4. The summed E-state index contributed by atoms with van der Waals surface area (Å²) >= 11 is 3.23. The zero-order valence-corrected chi connectivity index (χ0v) is 19.4. The fraction of sp³-hybridized carbons (Fsp3) is 0.391. The third kappa shape index (κ3) is 6.27. The summed E-state index contributed by atoms with van der Waals surface area (Å²) in [6, 6.07) is 12.6. The van der Waals surface area contributed by atoms with Crippen molar-refractivity contribution in [1.82, 2.24) is 9.88 Å². The number of thioether (sulfide) groups is 1. The topological polar surface area (TPSA) is 36.4 Å². The molecule has 0 atom stereocenters. The predicted octanol–water partition coefficient (Wildman–Crippen LogP) is 5.60. The number of thiazole rings is 1. The molecule has 3 rings (SSSR count). The molecule has 3 aromatic rings. The molecule has 7 heteroatoms. The van der Waals surface area contributed by atoms with Crippen LogP contribution in [0.25, 0.3) is 10.2 Å². The van der Waals surface area contributed by atoms with Crippen LogP contribution >= 0.6 is 23.1 Å². The van der Waals surface area contributed by atoms with Gasteiger partial charge in [-0.05, 0) is 82.1 Å². The fourth-order valence-electron chi connectivity index (χ4n) is 3.14. The Labute approximate surface area is 186 Å². The van der Waals surface area contributed by atoms with E-state index in [-0.39, 0.29) is 11.7 Å². The van der Waals surface area contributed by atoms with E-state index >= 15 is 0 Å². The minimum absolute atomic E-state index is 0.116. The van der Waals surface area contributed by atoms with Crippen molar-refractivity contribution in [3.63, 3.8) is 0 Å². The Balaban J connectivity index is 1.63. The summed E-state index contributed by atoms with van der Waals surface area (Å²) in [6.07, 6.45) is 2.15. The molecule has 0 bridgehead atoms. The van der Waals surface area contributed by atoms with E-state index in [0.29, 0.717) is 13.0 Å². The zero-order valence-electron chi connectivity index (χ0n) is 17.7. The minimum atomic E-state index is -0.228. The van der Waals surface area contributed by atoms with Crippen LogP contribution in [0, 0.1) is 12.7 Å². The van der Waals surface area contributed by atoms with Crippen LogP contribution < -0.4 is 4.90 Å². The van der Waals surface area contributed by atoms with Gasteiger partial charge in [-0.3, -0.25) is 9.69 Å². The maximum absolute atomic E-state index is 13.1. The highest BCUT2D eigenvalue weighted by molar-refractivity contribution is 7.99. The highest BCUT2D eigenvalue weighted by Crippen LogP contribution is 2.31. The van der Waals surface area contributed by atoms with E-state index in [2.05, 4.69) is 24.0 Å². The van der Waals surface area contributed by atoms with E-state index in [1.807, 2.05) is 25.1 Å². The number of rotatable bonds is 10. The number of fused-ring (bicyclic) bond motifs is 1. The molecule has 30 heavy (non-hydrogen) atoms. The Morgan fingerprint density at radius 3 is 2.57 bits per heavy atom. The first kappa shape index (κ1) is 22.7. The minimum Gasteiger partial charge on any atom is -0.309 e. The summed E-state index contributed by atoms with van der Waals surface area (Å²) in [7, 11) is 4.08. The zero-order chi connectivity index (χ0) is 21.5. The fourth-order valence-corrected chi connectivity index (χ4v) is 5.08. The van der Waals surface area contributed by atoms with E-state index in [4.69, 9.17) is 4.98 Å². The molecule has 1 aromatic heterocycles. The standard InChI is InChI=1S/C23H28FN3OS2/c1-17-7-4-8-20-22(17)25-23(30-20)27(15-6-14-26(2)3)21(28)9-5-16-29-19-12-10-18(24)11-13-19/h4,7-8,10-13H,5-6,9,14-16H2,1-3H3. The third-order valence-corrected chi connectivity index (χ3v) is 6.89. The number of amides is 1. The number of para-hydroxylation sites is 1. The van der Waals surface area contributed by atoms with Gasteiger partial charge < -0.3 is 4.90 Å². The highest BCUT2D eigenvalue weighted by Gasteiger charge is 2.19. The van der Waals surface area contributed by atoms with Gasteiger partial charge in [-0.15, -0.1) is 11.8 Å². The first-order valence-electron chi connectivity index (χ1n) is 10.1. The van der Waals surface area contributed by atoms with Crippen LogP contribution in [0.4, 0.5) is 9.52 Å². The van der Waals surface area contributed by atoms with E-state index in [9.17, 15) is 9.18 Å². The maximum atomic E-state index is 13.1. The summed E-state index contributed by atoms with van der Waals surface area (Å²) < 4.78 is 14.1. The summed E-state index contributed by atoms with van der Waals surface area (Å²) in [5, 5.41) is 0.786. The number of benzene rings is 2. The van der Waals surface area contributed by atoms with E-state index in [1.54, 1.807) is 35.2 Å². The molecule has 4 nitrogen and oxygen atoms in total.